The number of hydrogen-bond acceptors (Lipinski definition) is 9. The molecule has 0 bridgehead atoms. The van der Waals surface area contributed by atoms with Crippen LogP contribution in [0.1, 0.15) is 5.56 Å². The molecule has 0 saturated heterocycles. The van der Waals surface area contributed by atoms with Crippen molar-refractivity contribution < 1.29 is 28.4 Å². The highest BCUT2D eigenvalue weighted by atomic mass is 16.5. The second-order valence-electron chi connectivity index (χ2n) is 6.13. The number of fused-ring (bicyclic) bond motifs is 1. The number of methoxy groups -OCH3 is 6. The molecule has 0 aliphatic heterocycles. The van der Waals surface area contributed by atoms with Crippen LogP contribution in [-0.4, -0.2) is 57.7 Å². The molecule has 0 fully saturated rings. The van der Waals surface area contributed by atoms with E-state index in [1.54, 1.807) is 18.2 Å². The molecule has 3 aromatic rings. The molecule has 0 amide bonds. The third kappa shape index (κ3) is 3.51. The number of benzene rings is 2. The summed E-state index contributed by atoms with van der Waals surface area (Å²) in [5.74, 6) is 2.37. The van der Waals surface area contributed by atoms with Crippen LogP contribution < -0.4 is 34.0 Å². The summed E-state index contributed by atoms with van der Waals surface area (Å²) in [5, 5.41) is 8.52. The molecule has 10 nitrogen and oxygen atoms in total. The van der Waals surface area contributed by atoms with E-state index in [0.29, 0.717) is 34.3 Å². The topological polar surface area (TPSA) is 103 Å². The Balaban J connectivity index is 2.15. The van der Waals surface area contributed by atoms with Gasteiger partial charge in [-0.25, -0.2) is 4.68 Å². The zero-order valence-electron chi connectivity index (χ0n) is 17.6. The van der Waals surface area contributed by atoms with Gasteiger partial charge in [-0.15, -0.1) is 5.10 Å². The Morgan fingerprint density at radius 1 is 0.733 bits per heavy atom. The largest absolute Gasteiger partial charge is 0.493 e. The monoisotopic (exact) mass is 417 g/mol. The molecule has 0 unspecified atom stereocenters. The van der Waals surface area contributed by atoms with Gasteiger partial charge >= 0.3 is 0 Å². The van der Waals surface area contributed by atoms with Crippen molar-refractivity contribution in [1.82, 2.24) is 15.0 Å². The van der Waals surface area contributed by atoms with E-state index >= 15 is 0 Å². The van der Waals surface area contributed by atoms with Crippen molar-refractivity contribution in [2.75, 3.05) is 42.7 Å². The first-order valence-corrected chi connectivity index (χ1v) is 8.88. The van der Waals surface area contributed by atoms with E-state index in [9.17, 15) is 4.79 Å². The lowest BCUT2D eigenvalue weighted by Gasteiger charge is -2.15. The molecule has 0 radical (unpaired) electrons. The highest BCUT2D eigenvalue weighted by Gasteiger charge is 2.21. The van der Waals surface area contributed by atoms with Crippen LogP contribution in [-0.2, 0) is 6.54 Å². The molecule has 30 heavy (non-hydrogen) atoms. The summed E-state index contributed by atoms with van der Waals surface area (Å²) in [6, 6.07) is 5.04. The van der Waals surface area contributed by atoms with Gasteiger partial charge in [-0.1, -0.05) is 5.21 Å². The molecule has 10 heteroatoms. The van der Waals surface area contributed by atoms with Crippen LogP contribution in [0.25, 0.3) is 10.9 Å². The molecule has 0 aliphatic carbocycles. The van der Waals surface area contributed by atoms with E-state index in [2.05, 4.69) is 10.3 Å². The SMILES string of the molecule is COc1cc(Cn2nnc3c(OC)c(OC)c(OC)cc3c2=O)cc(OC)c1OC. The van der Waals surface area contributed by atoms with Crippen molar-refractivity contribution in [3.05, 3.63) is 34.1 Å². The van der Waals surface area contributed by atoms with Gasteiger partial charge in [-0.3, -0.25) is 4.79 Å². The van der Waals surface area contributed by atoms with Crippen molar-refractivity contribution >= 4 is 10.9 Å². The summed E-state index contributed by atoms with van der Waals surface area (Å²) >= 11 is 0. The number of nitrogens with zero attached hydrogens (tertiary/aromatic N) is 3. The van der Waals surface area contributed by atoms with Gasteiger partial charge in [0.2, 0.25) is 11.5 Å². The molecule has 0 N–H and O–H groups in total. The first-order chi connectivity index (χ1) is 14.5. The van der Waals surface area contributed by atoms with Gasteiger partial charge in [-0.05, 0) is 23.8 Å². The van der Waals surface area contributed by atoms with E-state index in [0.717, 1.165) is 0 Å². The van der Waals surface area contributed by atoms with Crippen LogP contribution in [0, 0.1) is 0 Å². The van der Waals surface area contributed by atoms with Gasteiger partial charge in [-0.2, -0.15) is 0 Å². The number of aromatic nitrogens is 3. The molecular formula is C20H23N3O7. The van der Waals surface area contributed by atoms with E-state index in [4.69, 9.17) is 28.4 Å². The first kappa shape index (κ1) is 21.0. The number of rotatable bonds is 8. The summed E-state index contributed by atoms with van der Waals surface area (Å²) in [6.45, 7) is 0.134. The maximum atomic E-state index is 13.1. The summed E-state index contributed by atoms with van der Waals surface area (Å²) < 4.78 is 33.4. The molecule has 0 atom stereocenters. The Bertz CT molecular complexity index is 1100. The van der Waals surface area contributed by atoms with E-state index in [-0.39, 0.29) is 28.8 Å². The van der Waals surface area contributed by atoms with Gasteiger partial charge in [0.15, 0.2) is 23.0 Å². The summed E-state index contributed by atoms with van der Waals surface area (Å²) in [7, 11) is 8.98. The van der Waals surface area contributed by atoms with E-state index in [1.165, 1.54) is 47.3 Å². The predicted octanol–water partition coefficient (Wildman–Crippen LogP) is 1.89. The minimum absolute atomic E-state index is 0.134. The van der Waals surface area contributed by atoms with Crippen molar-refractivity contribution in [2.45, 2.75) is 6.54 Å². The maximum Gasteiger partial charge on any atom is 0.278 e. The molecular weight excluding hydrogens is 394 g/mol. The van der Waals surface area contributed by atoms with Crippen molar-refractivity contribution in [3.63, 3.8) is 0 Å². The second-order valence-corrected chi connectivity index (χ2v) is 6.13. The second kappa shape index (κ2) is 8.76. The Morgan fingerprint density at radius 2 is 1.27 bits per heavy atom. The minimum Gasteiger partial charge on any atom is -0.493 e. The molecule has 0 spiro atoms. The standard InChI is InChI=1S/C20H23N3O7/c1-25-13-7-11(8-14(26-2)17(13)28-4)10-23-20(24)12-9-15(27-3)18(29-5)19(30-6)16(12)21-22-23/h7-9H,10H2,1-6H3. The number of hydrogen-bond donors (Lipinski definition) is 0. The number of ether oxygens (including phenoxy) is 6. The lowest BCUT2D eigenvalue weighted by atomic mass is 10.1. The fourth-order valence-electron chi connectivity index (χ4n) is 3.18. The van der Waals surface area contributed by atoms with Crippen LogP contribution in [0.2, 0.25) is 0 Å². The molecule has 160 valence electrons. The molecule has 0 aliphatic rings. The molecule has 0 saturated carbocycles. The first-order valence-electron chi connectivity index (χ1n) is 8.88. The van der Waals surface area contributed by atoms with Crippen LogP contribution in [0.4, 0.5) is 0 Å². The average molecular weight is 417 g/mol. The highest BCUT2D eigenvalue weighted by molar-refractivity contribution is 5.88. The van der Waals surface area contributed by atoms with Gasteiger partial charge in [0.1, 0.15) is 5.52 Å². The van der Waals surface area contributed by atoms with Crippen LogP contribution in [0.3, 0.4) is 0 Å². The Kier molecular flexibility index (Phi) is 6.14. The highest BCUT2D eigenvalue weighted by Crippen LogP contribution is 2.41. The maximum absolute atomic E-state index is 13.1. The van der Waals surface area contributed by atoms with Crippen molar-refractivity contribution in [1.29, 1.82) is 0 Å². The Labute approximate surface area is 172 Å². The molecule has 1 aromatic heterocycles. The zero-order valence-corrected chi connectivity index (χ0v) is 17.6. The molecule has 1 heterocycles. The zero-order chi connectivity index (χ0) is 21.8. The Hall–Kier alpha value is -3.69. The third-order valence-electron chi connectivity index (χ3n) is 4.58. The smallest absolute Gasteiger partial charge is 0.278 e. The van der Waals surface area contributed by atoms with Gasteiger partial charge < -0.3 is 28.4 Å². The Morgan fingerprint density at radius 3 is 1.77 bits per heavy atom. The minimum atomic E-state index is -0.368. The van der Waals surface area contributed by atoms with Crippen molar-refractivity contribution in [2.24, 2.45) is 0 Å². The molecule has 3 rings (SSSR count). The average Bonchev–Trinajstić information content (AvgIpc) is 2.78. The van der Waals surface area contributed by atoms with E-state index in [1.807, 2.05) is 0 Å². The fraction of sp³-hybridized carbons (Fsp3) is 0.350. The quantitative estimate of drug-likeness (QED) is 0.543. The summed E-state index contributed by atoms with van der Waals surface area (Å²) in [6.07, 6.45) is 0. The van der Waals surface area contributed by atoms with Crippen molar-refractivity contribution in [3.8, 4) is 34.5 Å². The van der Waals surface area contributed by atoms with Gasteiger partial charge in [0.05, 0.1) is 54.6 Å². The van der Waals surface area contributed by atoms with Crippen LogP contribution >= 0.6 is 0 Å². The lowest BCUT2D eigenvalue weighted by molar-refractivity contribution is 0.323. The normalized spacial score (nSPS) is 10.6. The lowest BCUT2D eigenvalue weighted by Crippen LogP contribution is -2.25. The fourth-order valence-corrected chi connectivity index (χ4v) is 3.18. The summed E-state index contributed by atoms with van der Waals surface area (Å²) in [4.78, 5) is 13.1. The van der Waals surface area contributed by atoms with Crippen LogP contribution in [0.15, 0.2) is 23.0 Å². The third-order valence-corrected chi connectivity index (χ3v) is 4.58. The predicted molar refractivity (Wildman–Crippen MR) is 109 cm³/mol. The van der Waals surface area contributed by atoms with Gasteiger partial charge in [0, 0.05) is 0 Å². The van der Waals surface area contributed by atoms with Gasteiger partial charge in [0.25, 0.3) is 5.56 Å². The molecule has 2 aromatic carbocycles. The van der Waals surface area contributed by atoms with E-state index < -0.39 is 0 Å². The summed E-state index contributed by atoms with van der Waals surface area (Å²) in [5.41, 5.74) is 0.627. The van der Waals surface area contributed by atoms with Crippen LogP contribution in [0.5, 0.6) is 34.5 Å².